The van der Waals surface area contributed by atoms with Gasteiger partial charge in [0.25, 0.3) is 0 Å². The molecule has 0 radical (unpaired) electrons. The first kappa shape index (κ1) is 12.3. The number of fused-ring (bicyclic) bond motifs is 3. The molecule has 3 fully saturated rings. The number of nitrogens with zero attached hydrogens (tertiary/aromatic N) is 1. The van der Waals surface area contributed by atoms with Crippen LogP contribution in [0.25, 0.3) is 0 Å². The van der Waals surface area contributed by atoms with Gasteiger partial charge in [0.15, 0.2) is 0 Å². The monoisotopic (exact) mass is 256 g/mol. The third-order valence-corrected chi connectivity index (χ3v) is 4.45. The van der Waals surface area contributed by atoms with Crippen LogP contribution in [-0.4, -0.2) is 58.6 Å². The molecule has 2 N–H and O–H groups in total. The van der Waals surface area contributed by atoms with Gasteiger partial charge in [-0.25, -0.2) is 5.43 Å². The maximum atomic E-state index is 11.7. The molecule has 0 saturated carbocycles. The molecule has 6 heteroatoms. The molecule has 6 unspecified atom stereocenters. The summed E-state index contributed by atoms with van der Waals surface area (Å²) < 4.78 is 11.6. The molecule has 0 aromatic carbocycles. The molecule has 3 aliphatic heterocycles. The van der Waals surface area contributed by atoms with Crippen molar-refractivity contribution < 1.29 is 19.4 Å². The van der Waals surface area contributed by atoms with Gasteiger partial charge in [-0.3, -0.25) is 9.80 Å². The number of carbonyl (C=O) groups excluding carboxylic acids is 1. The van der Waals surface area contributed by atoms with Crippen LogP contribution in [0, 0.1) is 0 Å². The van der Waals surface area contributed by atoms with E-state index in [9.17, 15) is 9.90 Å². The zero-order valence-electron chi connectivity index (χ0n) is 10.9. The minimum atomic E-state index is -0.291. The fourth-order valence-corrected chi connectivity index (χ4v) is 3.17. The van der Waals surface area contributed by atoms with Crippen molar-refractivity contribution in [1.29, 1.82) is 0 Å². The molecule has 0 spiro atoms. The lowest BCUT2D eigenvalue weighted by Crippen LogP contribution is -2.54. The van der Waals surface area contributed by atoms with Crippen LogP contribution in [0.5, 0.6) is 0 Å². The maximum absolute atomic E-state index is 11.7. The molecular weight excluding hydrogens is 236 g/mol. The summed E-state index contributed by atoms with van der Waals surface area (Å²) >= 11 is 0. The lowest BCUT2D eigenvalue weighted by atomic mass is 9.85. The second-order valence-electron chi connectivity index (χ2n) is 5.61. The van der Waals surface area contributed by atoms with E-state index in [4.69, 9.17) is 9.47 Å². The van der Waals surface area contributed by atoms with Crippen molar-refractivity contribution in [2.45, 2.75) is 63.2 Å². The Labute approximate surface area is 106 Å². The molecule has 6 atom stereocenters. The molecule has 0 aromatic heterocycles. The Kier molecular flexibility index (Phi) is 2.68. The van der Waals surface area contributed by atoms with Crippen LogP contribution < -0.4 is 5.43 Å². The average molecular weight is 256 g/mol. The van der Waals surface area contributed by atoms with E-state index >= 15 is 0 Å². The van der Waals surface area contributed by atoms with Crippen molar-refractivity contribution in [2.24, 2.45) is 0 Å². The first-order valence-electron chi connectivity index (χ1n) is 6.51. The minimum absolute atomic E-state index is 0.00863. The summed E-state index contributed by atoms with van der Waals surface area (Å²) in [5, 5.41) is 11.0. The van der Waals surface area contributed by atoms with E-state index < -0.39 is 0 Å². The number of nitrogens with one attached hydrogen (secondary N) is 1. The molecule has 0 aliphatic carbocycles. The molecule has 3 aliphatic rings. The van der Waals surface area contributed by atoms with E-state index in [2.05, 4.69) is 12.3 Å². The molecule has 0 bridgehead atoms. The highest BCUT2D eigenvalue weighted by molar-refractivity contribution is 5.74. The lowest BCUT2D eigenvalue weighted by Gasteiger charge is -2.35. The van der Waals surface area contributed by atoms with Crippen LogP contribution in [-0.2, 0) is 14.3 Å². The zero-order chi connectivity index (χ0) is 13.1. The van der Waals surface area contributed by atoms with Crippen molar-refractivity contribution in [3.63, 3.8) is 0 Å². The number of ether oxygens (including phenoxy) is 2. The van der Waals surface area contributed by atoms with Gasteiger partial charge >= 0.3 is 0 Å². The van der Waals surface area contributed by atoms with E-state index in [0.717, 1.165) is 6.42 Å². The molecule has 3 heterocycles. The highest BCUT2D eigenvalue weighted by atomic mass is 16.6. The highest BCUT2D eigenvalue weighted by Crippen LogP contribution is 2.46. The molecule has 3 rings (SSSR count). The van der Waals surface area contributed by atoms with Crippen molar-refractivity contribution in [1.82, 2.24) is 10.4 Å². The summed E-state index contributed by atoms with van der Waals surface area (Å²) in [6, 6.07) is -0.0831. The van der Waals surface area contributed by atoms with Crippen LogP contribution in [0.2, 0.25) is 0 Å². The Balaban J connectivity index is 1.91. The van der Waals surface area contributed by atoms with Crippen LogP contribution in [0.15, 0.2) is 0 Å². The lowest BCUT2D eigenvalue weighted by molar-refractivity contribution is -0.136. The summed E-state index contributed by atoms with van der Waals surface area (Å²) in [6.45, 7) is 5.61. The summed E-state index contributed by atoms with van der Waals surface area (Å²) in [5.41, 5.74) is 2.97. The second-order valence-corrected chi connectivity index (χ2v) is 5.61. The van der Waals surface area contributed by atoms with Crippen molar-refractivity contribution in [3.8, 4) is 0 Å². The van der Waals surface area contributed by atoms with E-state index in [1.165, 1.54) is 0 Å². The number of aliphatic hydroxyl groups is 1. The molecule has 102 valence electrons. The fraction of sp³-hybridized carbons (Fsp3) is 0.917. The summed E-state index contributed by atoms with van der Waals surface area (Å²) in [4.78, 5) is 11.7. The Bertz CT molecular complexity index is 377. The van der Waals surface area contributed by atoms with E-state index in [1.54, 1.807) is 11.9 Å². The van der Waals surface area contributed by atoms with Crippen LogP contribution in [0.1, 0.15) is 27.2 Å². The Morgan fingerprint density at radius 2 is 2.17 bits per heavy atom. The fourth-order valence-electron chi connectivity index (χ4n) is 3.17. The van der Waals surface area contributed by atoms with Gasteiger partial charge in [0.1, 0.15) is 30.5 Å². The quantitative estimate of drug-likeness (QED) is 0.646. The number of amides is 1. The Hall–Kier alpha value is -0.690. The first-order chi connectivity index (χ1) is 8.51. The van der Waals surface area contributed by atoms with Gasteiger partial charge in [-0.15, -0.1) is 0 Å². The summed E-state index contributed by atoms with van der Waals surface area (Å²) in [6.07, 6.45) is 0.362. The van der Waals surface area contributed by atoms with Gasteiger partial charge in [-0.2, -0.15) is 0 Å². The SMILES string of the molecule is CCC1(C)NN(C(C)=O)C2C3OC3C(CO)OC21. The van der Waals surface area contributed by atoms with Crippen LogP contribution in [0.4, 0.5) is 0 Å². The van der Waals surface area contributed by atoms with E-state index in [-0.39, 0.29) is 48.5 Å². The number of hydrogen-bond acceptors (Lipinski definition) is 5. The van der Waals surface area contributed by atoms with Gasteiger partial charge < -0.3 is 14.6 Å². The number of aliphatic hydroxyl groups excluding tert-OH is 1. The zero-order valence-corrected chi connectivity index (χ0v) is 10.9. The van der Waals surface area contributed by atoms with Crippen molar-refractivity contribution in [2.75, 3.05) is 6.61 Å². The topological polar surface area (TPSA) is 74.3 Å². The largest absolute Gasteiger partial charge is 0.394 e. The van der Waals surface area contributed by atoms with E-state index in [0.29, 0.717) is 0 Å². The molecule has 6 nitrogen and oxygen atoms in total. The smallest absolute Gasteiger partial charge is 0.234 e. The predicted molar refractivity (Wildman–Crippen MR) is 62.5 cm³/mol. The molecule has 0 aromatic rings. The highest BCUT2D eigenvalue weighted by Gasteiger charge is 2.66. The third kappa shape index (κ3) is 1.53. The number of epoxide rings is 1. The number of hydrogen-bond donors (Lipinski definition) is 2. The molecular formula is C12H20N2O4. The average Bonchev–Trinajstić information content (AvgIpc) is 3.08. The first-order valence-corrected chi connectivity index (χ1v) is 6.51. The van der Waals surface area contributed by atoms with Gasteiger partial charge in [-0.1, -0.05) is 6.92 Å². The van der Waals surface area contributed by atoms with Gasteiger partial charge in [0, 0.05) is 6.92 Å². The maximum Gasteiger partial charge on any atom is 0.234 e. The predicted octanol–water partition coefficient (Wildman–Crippen LogP) is -0.582. The number of rotatable bonds is 2. The van der Waals surface area contributed by atoms with Crippen LogP contribution >= 0.6 is 0 Å². The van der Waals surface area contributed by atoms with Crippen molar-refractivity contribution in [3.05, 3.63) is 0 Å². The number of hydrazine groups is 1. The van der Waals surface area contributed by atoms with Crippen LogP contribution in [0.3, 0.4) is 0 Å². The number of carbonyl (C=O) groups is 1. The summed E-state index contributed by atoms with van der Waals surface area (Å²) in [5.74, 6) is -0.0255. The third-order valence-electron chi connectivity index (χ3n) is 4.45. The van der Waals surface area contributed by atoms with Gasteiger partial charge in [0.05, 0.1) is 12.1 Å². The Morgan fingerprint density at radius 3 is 2.72 bits per heavy atom. The minimum Gasteiger partial charge on any atom is -0.394 e. The van der Waals surface area contributed by atoms with Gasteiger partial charge in [0.2, 0.25) is 5.91 Å². The molecule has 1 amide bonds. The van der Waals surface area contributed by atoms with Crippen molar-refractivity contribution >= 4 is 5.91 Å². The van der Waals surface area contributed by atoms with Gasteiger partial charge in [-0.05, 0) is 13.3 Å². The van der Waals surface area contributed by atoms with E-state index in [1.807, 2.05) is 6.92 Å². The normalized spacial score (nSPS) is 49.8. The molecule has 18 heavy (non-hydrogen) atoms. The molecule has 3 saturated heterocycles. The second kappa shape index (κ2) is 3.90. The standard InChI is InChI=1S/C12H20N2O4/c1-4-12(3)11-8(14(13-12)6(2)16)10-9(18-10)7(5-15)17-11/h7-11,13,15H,4-5H2,1-3H3. The summed E-state index contributed by atoms with van der Waals surface area (Å²) in [7, 11) is 0. The Morgan fingerprint density at radius 1 is 1.44 bits per heavy atom.